The number of hydrogen-bond donors (Lipinski definition) is 3. The van der Waals surface area contributed by atoms with E-state index in [9.17, 15) is 26.3 Å². The Hall–Kier alpha value is -1.04. The Morgan fingerprint density at radius 2 is 2.08 bits per heavy atom. The van der Waals surface area contributed by atoms with Crippen molar-refractivity contribution in [3.05, 3.63) is 11.6 Å². The van der Waals surface area contributed by atoms with E-state index in [4.69, 9.17) is 4.11 Å². The highest BCUT2D eigenvalue weighted by molar-refractivity contribution is 5.91. The molecule has 0 heterocycles. The number of Topliss-reactive ketones (excluding diaryl/α,β-unsaturated/α-hetero) is 1. The quantitative estimate of drug-likeness (QED) is 0.692. The Labute approximate surface area is 160 Å². The number of fused-ring (bicyclic) bond motifs is 5. The van der Waals surface area contributed by atoms with Crippen molar-refractivity contribution in [1.82, 2.24) is 0 Å². The fourth-order valence-electron chi connectivity index (χ4n) is 6.21. The van der Waals surface area contributed by atoms with Gasteiger partial charge in [0.05, 0.1) is 7.45 Å². The summed E-state index contributed by atoms with van der Waals surface area (Å²) in [4.78, 5) is 24.6. The molecular weight excluding hydrogens is 332 g/mol. The minimum absolute atomic E-state index is 0.0644. The molecule has 0 aliphatic heterocycles. The van der Waals surface area contributed by atoms with Gasteiger partial charge in [-0.25, -0.2) is 0 Å². The van der Waals surface area contributed by atoms with E-state index in [2.05, 4.69) is 0 Å². The molecule has 4 aliphatic rings. The normalized spacial score (nSPS) is 60.3. The van der Waals surface area contributed by atoms with Gasteiger partial charge in [-0.3, -0.25) is 9.59 Å². The Bertz CT molecular complexity index is 856. The second kappa shape index (κ2) is 5.73. The second-order valence-electron chi connectivity index (χ2n) is 8.79. The molecule has 4 aliphatic carbocycles. The fourth-order valence-corrected chi connectivity index (χ4v) is 6.21. The number of rotatable bonds is 2. The summed E-state index contributed by atoms with van der Waals surface area (Å²) in [6, 6.07) is 0. The van der Waals surface area contributed by atoms with Crippen LogP contribution in [0.3, 0.4) is 0 Å². The summed E-state index contributed by atoms with van der Waals surface area (Å²) in [6.07, 6.45) is -2.86. The average Bonchev–Trinajstić information content (AvgIpc) is 2.96. The number of aliphatic hydroxyl groups is 3. The van der Waals surface area contributed by atoms with Crippen LogP contribution in [0, 0.1) is 28.6 Å². The van der Waals surface area contributed by atoms with E-state index >= 15 is 0 Å². The third-order valence-electron chi connectivity index (χ3n) is 7.75. The van der Waals surface area contributed by atoms with E-state index < -0.39 is 59.0 Å². The lowest BCUT2D eigenvalue weighted by molar-refractivity contribution is -0.182. The molecule has 0 saturated heterocycles. The minimum atomic E-state index is -2.96. The lowest BCUT2D eigenvalue weighted by Gasteiger charge is -2.60. The standard InChI is InChI=1S/C21H30O5/c1-19-7-5-13(23)9-12(19)3-4-14-15-6-8-21(26,17(25)11-22)20(15,2)10-16(24)18(14)19/h9,14-16,18,22,24,26H,3-8,10-11H2,1-2H3/t14-,15-,16+,18+,19-,20-,21-/m0/s1/i10D2,16D,18D. The highest BCUT2D eigenvalue weighted by atomic mass is 16.3. The summed E-state index contributed by atoms with van der Waals surface area (Å²) < 4.78 is 36.2. The maximum Gasteiger partial charge on any atom is 0.190 e. The van der Waals surface area contributed by atoms with Crippen molar-refractivity contribution >= 4 is 11.6 Å². The molecule has 0 unspecified atom stereocenters. The summed E-state index contributed by atoms with van der Waals surface area (Å²) >= 11 is 0. The van der Waals surface area contributed by atoms with Crippen LogP contribution in [0.4, 0.5) is 0 Å². The van der Waals surface area contributed by atoms with Crippen LogP contribution in [0.5, 0.6) is 0 Å². The maximum atomic E-state index is 12.6. The van der Waals surface area contributed by atoms with E-state index in [-0.39, 0.29) is 31.5 Å². The number of carbonyl (C=O) groups excluding carboxylic acids is 2. The first kappa shape index (κ1) is 14.0. The fraction of sp³-hybridized carbons (Fsp3) is 0.810. The molecule has 0 aromatic heterocycles. The van der Waals surface area contributed by atoms with Crippen LogP contribution in [0.1, 0.15) is 64.2 Å². The highest BCUT2D eigenvalue weighted by Crippen LogP contribution is 2.67. The predicted octanol–water partition coefficient (Wildman–Crippen LogP) is 1.78. The number of carbonyl (C=O) groups is 2. The van der Waals surface area contributed by atoms with Crippen LogP contribution in [-0.4, -0.2) is 45.2 Å². The van der Waals surface area contributed by atoms with Gasteiger partial charge in [-0.05, 0) is 67.7 Å². The Morgan fingerprint density at radius 3 is 2.77 bits per heavy atom. The number of ketones is 2. The summed E-state index contributed by atoms with van der Waals surface area (Å²) in [5, 5.41) is 32.3. The van der Waals surface area contributed by atoms with Crippen molar-refractivity contribution in [2.45, 2.75) is 70.4 Å². The van der Waals surface area contributed by atoms with E-state index in [0.717, 1.165) is 0 Å². The molecule has 7 atom stereocenters. The van der Waals surface area contributed by atoms with E-state index in [1.54, 1.807) is 6.92 Å². The molecule has 5 heteroatoms. The van der Waals surface area contributed by atoms with Crippen LogP contribution in [0.2, 0.25) is 0 Å². The zero-order valence-corrected chi connectivity index (χ0v) is 15.3. The van der Waals surface area contributed by atoms with Gasteiger partial charge in [0.2, 0.25) is 0 Å². The van der Waals surface area contributed by atoms with Crippen LogP contribution in [0.15, 0.2) is 11.6 Å². The largest absolute Gasteiger partial charge is 0.393 e. The Kier molecular flexibility index (Phi) is 3.09. The summed E-state index contributed by atoms with van der Waals surface area (Å²) in [6.45, 7) is 2.16. The third-order valence-corrected chi connectivity index (χ3v) is 7.75. The van der Waals surface area contributed by atoms with Gasteiger partial charge in [0.25, 0.3) is 0 Å². The first-order chi connectivity index (χ1) is 13.7. The molecule has 0 bridgehead atoms. The van der Waals surface area contributed by atoms with Gasteiger partial charge in [-0.2, -0.15) is 0 Å². The van der Waals surface area contributed by atoms with Crippen molar-refractivity contribution in [1.29, 1.82) is 0 Å². The molecule has 5 nitrogen and oxygen atoms in total. The zero-order valence-electron chi connectivity index (χ0n) is 19.3. The van der Waals surface area contributed by atoms with Gasteiger partial charge in [-0.1, -0.05) is 19.4 Å². The Balaban J connectivity index is 1.97. The molecule has 3 N–H and O–H groups in total. The molecular formula is C21H30O5. The van der Waals surface area contributed by atoms with Gasteiger partial charge in [0.1, 0.15) is 12.2 Å². The zero-order chi connectivity index (χ0) is 22.5. The average molecular weight is 366 g/mol. The van der Waals surface area contributed by atoms with Crippen LogP contribution >= 0.6 is 0 Å². The van der Waals surface area contributed by atoms with Crippen LogP contribution in [0.25, 0.3) is 0 Å². The van der Waals surface area contributed by atoms with Crippen molar-refractivity contribution in [2.75, 3.05) is 6.61 Å². The molecule has 0 aromatic rings. The van der Waals surface area contributed by atoms with Gasteiger partial charge in [-0.15, -0.1) is 0 Å². The smallest absolute Gasteiger partial charge is 0.190 e. The first-order valence-electron chi connectivity index (χ1n) is 11.5. The van der Waals surface area contributed by atoms with Gasteiger partial charge < -0.3 is 15.3 Å². The van der Waals surface area contributed by atoms with Gasteiger partial charge in [0, 0.05) is 15.9 Å². The minimum Gasteiger partial charge on any atom is -0.393 e. The molecule has 4 rings (SSSR count). The molecule has 0 aromatic carbocycles. The first-order valence-corrected chi connectivity index (χ1v) is 9.49. The SMILES string of the molecule is [2H]C1([2H])[C@@]([2H])(O)[C@@]2([2H])[C@@H](CCC3=CC(=O)CC[C@@]32C)[C@@H]2CC[C@](O)(C(=O)CO)[C@]21C. The van der Waals surface area contributed by atoms with Crippen LogP contribution in [-0.2, 0) is 9.59 Å². The van der Waals surface area contributed by atoms with Crippen molar-refractivity contribution in [2.24, 2.45) is 28.6 Å². The van der Waals surface area contributed by atoms with E-state index in [0.29, 0.717) is 18.4 Å². The highest BCUT2D eigenvalue weighted by Gasteiger charge is 2.68. The van der Waals surface area contributed by atoms with Gasteiger partial charge in [0.15, 0.2) is 11.6 Å². The number of hydrogen-bond acceptors (Lipinski definition) is 5. The summed E-state index contributed by atoms with van der Waals surface area (Å²) in [5.74, 6) is -4.23. The van der Waals surface area contributed by atoms with Crippen LogP contribution < -0.4 is 0 Å². The number of aliphatic hydroxyl groups excluding tert-OH is 1. The van der Waals surface area contributed by atoms with Crippen molar-refractivity contribution in [3.63, 3.8) is 0 Å². The monoisotopic (exact) mass is 366 g/mol. The van der Waals surface area contributed by atoms with Crippen molar-refractivity contribution in [3.8, 4) is 0 Å². The summed E-state index contributed by atoms with van der Waals surface area (Å²) in [7, 11) is 0. The number of allylic oxidation sites excluding steroid dienone is 1. The maximum absolute atomic E-state index is 12.6. The summed E-state index contributed by atoms with van der Waals surface area (Å²) in [5.41, 5.74) is -4.47. The molecule has 0 radical (unpaired) electrons. The Morgan fingerprint density at radius 1 is 1.35 bits per heavy atom. The predicted molar refractivity (Wildman–Crippen MR) is 95.1 cm³/mol. The molecule has 26 heavy (non-hydrogen) atoms. The lowest BCUT2D eigenvalue weighted by Crippen LogP contribution is -2.62. The van der Waals surface area contributed by atoms with E-state index in [1.165, 1.54) is 13.0 Å². The van der Waals surface area contributed by atoms with Gasteiger partial charge >= 0.3 is 0 Å². The van der Waals surface area contributed by atoms with E-state index in [1.807, 2.05) is 0 Å². The molecule has 3 fully saturated rings. The lowest BCUT2D eigenvalue weighted by atomic mass is 9.45. The topological polar surface area (TPSA) is 94.8 Å². The molecule has 144 valence electrons. The molecule has 3 saturated carbocycles. The second-order valence-corrected chi connectivity index (χ2v) is 8.79. The van der Waals surface area contributed by atoms with Crippen molar-refractivity contribution < 1.29 is 30.4 Å². The molecule has 0 spiro atoms. The molecule has 0 amide bonds. The third kappa shape index (κ3) is 2.14.